The van der Waals surface area contributed by atoms with Crippen molar-refractivity contribution in [2.45, 2.75) is 25.7 Å². The Morgan fingerprint density at radius 2 is 1.93 bits per heavy atom. The molecule has 7 nitrogen and oxygen atoms in total. The number of nitro groups is 1. The maximum atomic E-state index is 12.7. The lowest BCUT2D eigenvalue weighted by molar-refractivity contribution is -0.384. The number of rotatable bonds is 7. The van der Waals surface area contributed by atoms with Gasteiger partial charge in [-0.15, -0.1) is 0 Å². The molecule has 0 saturated heterocycles. The number of alkyl halides is 3. The number of nitrogens with one attached hydrogen (secondary N) is 1. The van der Waals surface area contributed by atoms with Crippen LogP contribution < -0.4 is 5.32 Å². The fourth-order valence-corrected chi connectivity index (χ4v) is 3.02. The van der Waals surface area contributed by atoms with Crippen molar-refractivity contribution in [3.63, 3.8) is 0 Å². The van der Waals surface area contributed by atoms with Crippen LogP contribution in [0.5, 0.6) is 0 Å². The van der Waals surface area contributed by atoms with Gasteiger partial charge in [0.1, 0.15) is 11.8 Å². The molecule has 0 spiro atoms. The Hall–Kier alpha value is -2.98. The minimum absolute atomic E-state index is 0.136. The van der Waals surface area contributed by atoms with Crippen LogP contribution in [-0.2, 0) is 12.7 Å². The summed E-state index contributed by atoms with van der Waals surface area (Å²) in [5.41, 5.74) is 0.513. The van der Waals surface area contributed by atoms with E-state index in [2.05, 4.69) is 10.4 Å². The summed E-state index contributed by atoms with van der Waals surface area (Å²) in [6.45, 7) is 2.87. The van der Waals surface area contributed by atoms with Crippen LogP contribution in [0.1, 0.15) is 29.8 Å². The Morgan fingerprint density at radius 1 is 1.24 bits per heavy atom. The van der Waals surface area contributed by atoms with Crippen molar-refractivity contribution >= 4 is 16.6 Å². The molecule has 0 fully saturated rings. The highest BCUT2D eigenvalue weighted by atomic mass is 19.4. The van der Waals surface area contributed by atoms with Crippen molar-refractivity contribution in [1.82, 2.24) is 15.1 Å². The minimum Gasteiger partial charge on any atom is -0.385 e. The predicted octanol–water partition coefficient (Wildman–Crippen LogP) is 3.65. The molecular formula is C19H19F3N4O3. The van der Waals surface area contributed by atoms with Crippen LogP contribution in [0.2, 0.25) is 0 Å². The first-order chi connectivity index (χ1) is 13.7. The monoisotopic (exact) mass is 408 g/mol. The number of aliphatic hydroxyl groups is 1. The Morgan fingerprint density at radius 3 is 2.52 bits per heavy atom. The number of likely N-dealkylation sites (N-methyl/N-ethyl adjacent to an activating group) is 1. The lowest BCUT2D eigenvalue weighted by atomic mass is 10.1. The Bertz CT molecular complexity index is 1020. The molecule has 29 heavy (non-hydrogen) atoms. The number of aliphatic hydroxyl groups excluding tert-OH is 1. The van der Waals surface area contributed by atoms with Crippen LogP contribution in [0.15, 0.2) is 42.5 Å². The average Bonchev–Trinajstić information content (AvgIpc) is 3.03. The largest absolute Gasteiger partial charge is 0.416 e. The fourth-order valence-electron chi connectivity index (χ4n) is 3.02. The highest BCUT2D eigenvalue weighted by Gasteiger charge is 2.30. The first-order valence-electron chi connectivity index (χ1n) is 8.90. The van der Waals surface area contributed by atoms with Crippen molar-refractivity contribution in [3.05, 3.63) is 69.4 Å². The van der Waals surface area contributed by atoms with Gasteiger partial charge in [0.05, 0.1) is 22.5 Å². The molecule has 1 atom stereocenters. The van der Waals surface area contributed by atoms with Gasteiger partial charge >= 0.3 is 6.18 Å². The van der Waals surface area contributed by atoms with Crippen LogP contribution in [0.25, 0.3) is 10.9 Å². The van der Waals surface area contributed by atoms with Crippen molar-refractivity contribution in [1.29, 1.82) is 0 Å². The molecule has 0 aliphatic carbocycles. The van der Waals surface area contributed by atoms with Crippen molar-refractivity contribution in [2.24, 2.45) is 0 Å². The van der Waals surface area contributed by atoms with E-state index in [1.54, 1.807) is 0 Å². The van der Waals surface area contributed by atoms with E-state index in [4.69, 9.17) is 0 Å². The van der Waals surface area contributed by atoms with Crippen LogP contribution >= 0.6 is 0 Å². The van der Waals surface area contributed by atoms with Gasteiger partial charge in [-0.05, 0) is 30.3 Å². The van der Waals surface area contributed by atoms with Gasteiger partial charge in [-0.2, -0.15) is 18.3 Å². The molecule has 10 heteroatoms. The topological polar surface area (TPSA) is 93.2 Å². The van der Waals surface area contributed by atoms with Gasteiger partial charge in [0.2, 0.25) is 0 Å². The molecule has 3 aromatic rings. The number of halogens is 3. The molecular weight excluding hydrogens is 389 g/mol. The van der Waals surface area contributed by atoms with Gasteiger partial charge in [-0.25, -0.2) is 0 Å². The summed E-state index contributed by atoms with van der Waals surface area (Å²) in [4.78, 5) is 10.6. The number of hydrogen-bond acceptors (Lipinski definition) is 5. The second kappa shape index (κ2) is 8.18. The molecule has 3 rings (SSSR count). The molecule has 2 aromatic carbocycles. The summed E-state index contributed by atoms with van der Waals surface area (Å²) < 4.78 is 39.8. The molecule has 0 aliphatic rings. The summed E-state index contributed by atoms with van der Waals surface area (Å²) in [6, 6.07) is 8.89. The normalized spacial score (nSPS) is 13.0. The van der Waals surface area contributed by atoms with Crippen molar-refractivity contribution < 1.29 is 23.2 Å². The maximum Gasteiger partial charge on any atom is 0.416 e. The number of hydrogen-bond donors (Lipinski definition) is 2. The van der Waals surface area contributed by atoms with E-state index in [-0.39, 0.29) is 24.5 Å². The molecule has 0 saturated carbocycles. The third-order valence-electron chi connectivity index (χ3n) is 4.49. The van der Waals surface area contributed by atoms with Gasteiger partial charge in [-0.1, -0.05) is 19.1 Å². The average molecular weight is 408 g/mol. The zero-order valence-corrected chi connectivity index (χ0v) is 15.5. The minimum atomic E-state index is -4.42. The zero-order chi connectivity index (χ0) is 21.2. The van der Waals surface area contributed by atoms with E-state index in [1.807, 2.05) is 6.92 Å². The van der Waals surface area contributed by atoms with E-state index in [0.29, 0.717) is 23.0 Å². The van der Waals surface area contributed by atoms with E-state index in [9.17, 15) is 28.4 Å². The van der Waals surface area contributed by atoms with Gasteiger partial charge in [0.15, 0.2) is 0 Å². The van der Waals surface area contributed by atoms with Crippen molar-refractivity contribution in [3.8, 4) is 0 Å². The lowest BCUT2D eigenvalue weighted by Crippen LogP contribution is -2.21. The summed E-state index contributed by atoms with van der Waals surface area (Å²) in [5.74, 6) is 0. The summed E-state index contributed by atoms with van der Waals surface area (Å²) in [5, 5.41) is 29.4. The standard InChI is InChI=1S/C19H19F3N4O3/c1-2-23-10-17(27)18-15-9-14(26(28)29)7-8-16(15)25(24-18)11-12-3-5-13(6-4-12)19(20,21)22/h3-9,17,23,27H,2,10-11H2,1H3. The van der Waals surface area contributed by atoms with E-state index in [0.717, 1.165) is 12.1 Å². The Labute approximate surface area is 163 Å². The maximum absolute atomic E-state index is 12.7. The highest BCUT2D eigenvalue weighted by Crippen LogP contribution is 2.30. The van der Waals surface area contributed by atoms with E-state index in [1.165, 1.54) is 35.0 Å². The molecule has 0 amide bonds. The molecule has 0 radical (unpaired) electrons. The summed E-state index contributed by atoms with van der Waals surface area (Å²) >= 11 is 0. The van der Waals surface area contributed by atoms with Crippen LogP contribution in [0, 0.1) is 10.1 Å². The van der Waals surface area contributed by atoms with Crippen LogP contribution in [-0.4, -0.2) is 32.9 Å². The second-order valence-corrected chi connectivity index (χ2v) is 6.52. The number of benzene rings is 2. The van der Waals surface area contributed by atoms with E-state index >= 15 is 0 Å². The molecule has 154 valence electrons. The first-order valence-corrected chi connectivity index (χ1v) is 8.90. The number of aromatic nitrogens is 2. The molecule has 0 bridgehead atoms. The molecule has 0 aliphatic heterocycles. The zero-order valence-electron chi connectivity index (χ0n) is 15.5. The van der Waals surface area contributed by atoms with E-state index < -0.39 is 22.8 Å². The quantitative estimate of drug-likeness (QED) is 0.460. The first kappa shape index (κ1) is 20.7. The smallest absolute Gasteiger partial charge is 0.385 e. The fraction of sp³-hybridized carbons (Fsp3) is 0.316. The summed E-state index contributed by atoms with van der Waals surface area (Å²) in [6.07, 6.45) is -5.41. The number of fused-ring (bicyclic) bond motifs is 1. The highest BCUT2D eigenvalue weighted by molar-refractivity contribution is 5.84. The number of non-ortho nitro benzene ring substituents is 1. The van der Waals surface area contributed by atoms with Crippen LogP contribution in [0.4, 0.5) is 18.9 Å². The second-order valence-electron chi connectivity index (χ2n) is 6.52. The van der Waals surface area contributed by atoms with Crippen LogP contribution in [0.3, 0.4) is 0 Å². The SMILES string of the molecule is CCNCC(O)c1nn(Cc2ccc(C(F)(F)F)cc2)c2ccc([N+](=O)[O-])cc12. The molecule has 1 aromatic heterocycles. The molecule has 2 N–H and O–H groups in total. The third-order valence-corrected chi connectivity index (χ3v) is 4.49. The van der Waals surface area contributed by atoms with Gasteiger partial charge in [-0.3, -0.25) is 14.8 Å². The van der Waals surface area contributed by atoms with Gasteiger partial charge in [0.25, 0.3) is 5.69 Å². The van der Waals surface area contributed by atoms with Gasteiger partial charge in [0, 0.05) is 24.1 Å². The van der Waals surface area contributed by atoms with Crippen molar-refractivity contribution in [2.75, 3.05) is 13.1 Å². The number of nitro benzene ring substituents is 1. The predicted molar refractivity (Wildman–Crippen MR) is 100 cm³/mol. The number of nitrogens with zero attached hydrogens (tertiary/aromatic N) is 3. The summed E-state index contributed by atoms with van der Waals surface area (Å²) in [7, 11) is 0. The van der Waals surface area contributed by atoms with Gasteiger partial charge < -0.3 is 10.4 Å². The Kier molecular flexibility index (Phi) is 5.85. The lowest BCUT2D eigenvalue weighted by Gasteiger charge is -2.09. The Balaban J connectivity index is 2.00. The molecule has 1 unspecified atom stereocenters. The third kappa shape index (κ3) is 4.54. The molecule has 1 heterocycles.